The first-order valence-corrected chi connectivity index (χ1v) is 6.78. The molecule has 0 saturated heterocycles. The van der Waals surface area contributed by atoms with Crippen LogP contribution in [0, 0.1) is 5.82 Å². The molecule has 0 fully saturated rings. The van der Waals surface area contributed by atoms with Gasteiger partial charge < -0.3 is 10.3 Å². The highest BCUT2D eigenvalue weighted by molar-refractivity contribution is 5.75. The summed E-state index contributed by atoms with van der Waals surface area (Å²) in [7, 11) is 0. The average Bonchev–Trinajstić information content (AvgIpc) is 2.88. The van der Waals surface area contributed by atoms with Crippen LogP contribution in [0.1, 0.15) is 11.3 Å². The molecule has 0 aliphatic heterocycles. The van der Waals surface area contributed by atoms with Crippen molar-refractivity contribution in [2.75, 3.05) is 5.73 Å². The van der Waals surface area contributed by atoms with Gasteiger partial charge in [0.2, 0.25) is 5.88 Å². The summed E-state index contributed by atoms with van der Waals surface area (Å²) in [5.74, 6) is -0.00993. The predicted octanol–water partition coefficient (Wildman–Crippen LogP) is 3.85. The molecule has 0 bridgehead atoms. The number of nitrogens with zero attached hydrogens (tertiary/aromatic N) is 1. The third kappa shape index (κ3) is 2.94. The van der Waals surface area contributed by atoms with Crippen molar-refractivity contribution in [2.24, 2.45) is 0 Å². The summed E-state index contributed by atoms with van der Waals surface area (Å²) in [6.45, 7) is 0. The van der Waals surface area contributed by atoms with Gasteiger partial charge in [0.25, 0.3) is 0 Å². The van der Waals surface area contributed by atoms with Gasteiger partial charge in [-0.05, 0) is 36.1 Å². The number of rotatable bonds is 4. The Balaban J connectivity index is 1.85. The Morgan fingerprint density at radius 3 is 2.38 bits per heavy atom. The summed E-state index contributed by atoms with van der Waals surface area (Å²) in [6, 6.07) is 16.3. The Hall–Kier alpha value is -2.62. The number of hydrogen-bond acceptors (Lipinski definition) is 3. The van der Waals surface area contributed by atoms with Crippen LogP contribution in [0.3, 0.4) is 0 Å². The van der Waals surface area contributed by atoms with E-state index in [1.165, 1.54) is 17.7 Å². The zero-order chi connectivity index (χ0) is 14.7. The smallest absolute Gasteiger partial charge is 0.230 e. The molecule has 3 rings (SSSR count). The summed E-state index contributed by atoms with van der Waals surface area (Å²) >= 11 is 0. The predicted molar refractivity (Wildman–Crippen MR) is 80.2 cm³/mol. The van der Waals surface area contributed by atoms with E-state index in [9.17, 15) is 4.39 Å². The number of hydrogen-bond donors (Lipinski definition) is 1. The van der Waals surface area contributed by atoms with Crippen LogP contribution in [0.15, 0.2) is 59.1 Å². The van der Waals surface area contributed by atoms with Gasteiger partial charge in [0.1, 0.15) is 5.82 Å². The molecule has 21 heavy (non-hydrogen) atoms. The van der Waals surface area contributed by atoms with Crippen LogP contribution in [0.2, 0.25) is 0 Å². The molecule has 0 aliphatic carbocycles. The molecule has 0 saturated carbocycles. The first-order valence-electron chi connectivity index (χ1n) is 6.78. The molecular formula is C17H15FN2O. The Kier molecular flexibility index (Phi) is 3.69. The second-order valence-electron chi connectivity index (χ2n) is 4.86. The molecule has 4 heteroatoms. The number of nitrogens with two attached hydrogens (primary N) is 1. The van der Waals surface area contributed by atoms with Crippen LogP contribution in [0.25, 0.3) is 11.1 Å². The van der Waals surface area contributed by atoms with Crippen LogP contribution in [-0.4, -0.2) is 5.16 Å². The first-order chi connectivity index (χ1) is 10.2. The summed E-state index contributed by atoms with van der Waals surface area (Å²) in [4.78, 5) is 0. The topological polar surface area (TPSA) is 52.0 Å². The number of benzene rings is 2. The lowest BCUT2D eigenvalue weighted by atomic mass is 10.0. The van der Waals surface area contributed by atoms with E-state index in [0.717, 1.165) is 29.7 Å². The zero-order valence-corrected chi connectivity index (χ0v) is 11.4. The van der Waals surface area contributed by atoms with Crippen molar-refractivity contribution >= 4 is 5.88 Å². The van der Waals surface area contributed by atoms with Gasteiger partial charge in [-0.2, -0.15) is 0 Å². The normalized spacial score (nSPS) is 10.7. The van der Waals surface area contributed by atoms with Crippen molar-refractivity contribution in [2.45, 2.75) is 12.8 Å². The highest BCUT2D eigenvalue weighted by Gasteiger charge is 2.15. The third-order valence-electron chi connectivity index (χ3n) is 3.42. The second-order valence-corrected chi connectivity index (χ2v) is 4.86. The molecule has 3 nitrogen and oxygen atoms in total. The number of halogens is 1. The molecule has 2 aromatic carbocycles. The van der Waals surface area contributed by atoms with Gasteiger partial charge in [-0.25, -0.2) is 4.39 Å². The van der Waals surface area contributed by atoms with Crippen LogP contribution >= 0.6 is 0 Å². The Labute approximate surface area is 122 Å². The Morgan fingerprint density at radius 1 is 0.952 bits per heavy atom. The van der Waals surface area contributed by atoms with Crippen molar-refractivity contribution in [1.82, 2.24) is 5.16 Å². The van der Waals surface area contributed by atoms with Crippen LogP contribution in [0.5, 0.6) is 0 Å². The van der Waals surface area contributed by atoms with E-state index < -0.39 is 0 Å². The molecule has 0 spiro atoms. The third-order valence-corrected chi connectivity index (χ3v) is 3.42. The minimum Gasteiger partial charge on any atom is -0.367 e. The quantitative estimate of drug-likeness (QED) is 0.790. The Bertz CT molecular complexity index is 720. The maximum atomic E-state index is 13.0. The second kappa shape index (κ2) is 5.79. The number of anilines is 1. The van der Waals surface area contributed by atoms with E-state index in [1.54, 1.807) is 12.1 Å². The highest BCUT2D eigenvalue weighted by atomic mass is 19.1. The fourth-order valence-corrected chi connectivity index (χ4v) is 2.34. The number of nitrogen functional groups attached to an aromatic ring is 1. The van der Waals surface area contributed by atoms with Gasteiger partial charge in [-0.3, -0.25) is 0 Å². The molecule has 1 aromatic heterocycles. The van der Waals surface area contributed by atoms with E-state index in [1.807, 2.05) is 18.2 Å². The largest absolute Gasteiger partial charge is 0.367 e. The molecule has 2 N–H and O–H groups in total. The first kappa shape index (κ1) is 13.4. The molecule has 106 valence electrons. The van der Waals surface area contributed by atoms with Crippen molar-refractivity contribution in [1.29, 1.82) is 0 Å². The molecule has 0 aliphatic rings. The lowest BCUT2D eigenvalue weighted by molar-refractivity contribution is 0.427. The zero-order valence-electron chi connectivity index (χ0n) is 11.4. The lowest BCUT2D eigenvalue weighted by Gasteiger charge is -2.03. The van der Waals surface area contributed by atoms with Gasteiger partial charge >= 0.3 is 0 Å². The lowest BCUT2D eigenvalue weighted by Crippen LogP contribution is -1.95. The van der Waals surface area contributed by atoms with Gasteiger partial charge in [0.05, 0.1) is 11.3 Å². The van der Waals surface area contributed by atoms with E-state index in [-0.39, 0.29) is 11.7 Å². The molecule has 0 amide bonds. The molecule has 1 heterocycles. The molecule has 0 atom stereocenters. The van der Waals surface area contributed by atoms with Gasteiger partial charge in [-0.1, -0.05) is 47.6 Å². The van der Waals surface area contributed by atoms with Crippen LogP contribution in [0.4, 0.5) is 10.3 Å². The fraction of sp³-hybridized carbons (Fsp3) is 0.118. The van der Waals surface area contributed by atoms with E-state index >= 15 is 0 Å². The van der Waals surface area contributed by atoms with Crippen molar-refractivity contribution in [3.63, 3.8) is 0 Å². The minimum atomic E-state index is -0.278. The van der Waals surface area contributed by atoms with Crippen molar-refractivity contribution in [3.8, 4) is 11.1 Å². The summed E-state index contributed by atoms with van der Waals surface area (Å²) in [6.07, 6.45) is 1.57. The molecule has 3 aromatic rings. The van der Waals surface area contributed by atoms with Crippen molar-refractivity contribution < 1.29 is 8.91 Å². The standard InChI is InChI=1S/C17H15FN2O/c18-14-9-7-13(8-10-14)16-15(20-21-17(16)19)11-6-12-4-2-1-3-5-12/h1-5,7-10H,6,11,19H2. The van der Waals surface area contributed by atoms with E-state index in [2.05, 4.69) is 17.3 Å². The van der Waals surface area contributed by atoms with Crippen LogP contribution in [-0.2, 0) is 12.8 Å². The molecule has 0 unspecified atom stereocenters. The fourth-order valence-electron chi connectivity index (χ4n) is 2.34. The number of aromatic nitrogens is 1. The van der Waals surface area contributed by atoms with E-state index in [0.29, 0.717) is 0 Å². The van der Waals surface area contributed by atoms with Crippen LogP contribution < -0.4 is 5.73 Å². The minimum absolute atomic E-state index is 0.268. The van der Waals surface area contributed by atoms with E-state index in [4.69, 9.17) is 10.3 Å². The average molecular weight is 282 g/mol. The Morgan fingerprint density at radius 2 is 1.67 bits per heavy atom. The summed E-state index contributed by atoms with van der Waals surface area (Å²) in [5, 5.41) is 4.04. The molecular weight excluding hydrogens is 267 g/mol. The highest BCUT2D eigenvalue weighted by Crippen LogP contribution is 2.30. The molecule has 0 radical (unpaired) electrons. The maximum Gasteiger partial charge on any atom is 0.230 e. The van der Waals surface area contributed by atoms with Crippen molar-refractivity contribution in [3.05, 3.63) is 71.7 Å². The summed E-state index contributed by atoms with van der Waals surface area (Å²) < 4.78 is 18.1. The van der Waals surface area contributed by atoms with Gasteiger partial charge in [-0.15, -0.1) is 0 Å². The maximum absolute atomic E-state index is 13.0. The monoisotopic (exact) mass is 282 g/mol. The van der Waals surface area contributed by atoms with Gasteiger partial charge in [0.15, 0.2) is 0 Å². The number of aryl methyl sites for hydroxylation is 2. The summed E-state index contributed by atoms with van der Waals surface area (Å²) in [5.41, 5.74) is 9.45. The van der Waals surface area contributed by atoms with Gasteiger partial charge in [0, 0.05) is 0 Å². The SMILES string of the molecule is Nc1onc(CCc2ccccc2)c1-c1ccc(F)cc1.